The smallest absolute Gasteiger partial charge is 0.264 e. The van der Waals surface area contributed by atoms with E-state index in [1.807, 2.05) is 11.6 Å². The van der Waals surface area contributed by atoms with Crippen LogP contribution in [0.4, 0.5) is 0 Å². The molecule has 36 heteroatoms. The number of phenols is 3. The number of amides is 8. The quantitative estimate of drug-likeness (QED) is 0.0542. The lowest BCUT2D eigenvalue weighted by molar-refractivity contribution is -0.277. The molecule has 6 aromatic rings. The van der Waals surface area contributed by atoms with Gasteiger partial charge in [0.15, 0.2) is 11.5 Å². The van der Waals surface area contributed by atoms with Crippen molar-refractivity contribution in [3.05, 3.63) is 141 Å². The van der Waals surface area contributed by atoms with E-state index in [0.717, 1.165) is 117 Å². The van der Waals surface area contributed by atoms with Crippen LogP contribution < -0.4 is 66.2 Å². The number of aliphatic hydroxyl groups is 6. The predicted octanol–water partition coefficient (Wildman–Crippen LogP) is 3.92. The summed E-state index contributed by atoms with van der Waals surface area (Å²) in [5, 5.41) is 125. The number of sulfonamides is 1. The van der Waals surface area contributed by atoms with Crippen LogP contribution in [0.5, 0.6) is 51.7 Å². The molecule has 14 atom stereocenters. The SMILES string of the molecule is CCCCOc1ccc(S(=O)(=O)NC(=O)C[C@@H]2NC(=O)[C@H](NC(=O)[C@@H](CC(C)C)NC)[C@H](O)c3ccc(c(Cl)c3)Oc3cc4cc(c3O[C@@H]3O[C@H](CO)[C@@H](O)[C@H](O)[C@H]3O)Oc3ccc(cc3Cl)[C@@H](O)[C@@H]3NC(=O)[C@H](NC(=O)[C@@H]4NC2=O)c2ccc(O)c(c2)-c2c(O)cc(O)cc2[C@@H](C(=O)NC2C4CC5CC(C4)CC2C5)NC3=O)cc1. The molecule has 0 radical (unpaired) electrons. The van der Waals surface area contributed by atoms with Crippen LogP contribution >= 0.6 is 23.2 Å². The highest BCUT2D eigenvalue weighted by atomic mass is 35.5. The van der Waals surface area contributed by atoms with Crippen molar-refractivity contribution < 1.29 is 116 Å². The van der Waals surface area contributed by atoms with Crippen molar-refractivity contribution in [3.63, 3.8) is 0 Å². The van der Waals surface area contributed by atoms with Gasteiger partial charge in [0.25, 0.3) is 10.0 Å². The maximum Gasteiger partial charge on any atom is 0.264 e. The van der Waals surface area contributed by atoms with Crippen LogP contribution in [0.1, 0.15) is 137 Å². The lowest BCUT2D eigenvalue weighted by atomic mass is 9.54. The summed E-state index contributed by atoms with van der Waals surface area (Å²) < 4.78 is 61.2. The lowest BCUT2D eigenvalue weighted by Gasteiger charge is -2.54. The summed E-state index contributed by atoms with van der Waals surface area (Å²) in [5.41, 5.74) is -2.37. The molecule has 0 aromatic heterocycles. The van der Waals surface area contributed by atoms with E-state index >= 15 is 28.8 Å². The van der Waals surface area contributed by atoms with Gasteiger partial charge in [-0.15, -0.1) is 0 Å². The molecule has 0 spiro atoms. The van der Waals surface area contributed by atoms with Gasteiger partial charge in [0.1, 0.15) is 107 Å². The fraction of sp³-hybridized carbons (Fsp3) is 0.443. The van der Waals surface area contributed by atoms with Gasteiger partial charge in [-0.25, -0.2) is 13.1 Å². The lowest BCUT2D eigenvalue weighted by Crippen LogP contribution is -2.60. The Labute approximate surface area is 669 Å². The number of nitrogens with one attached hydrogen (secondary N) is 9. The number of fused-ring (bicyclic) bond motifs is 15. The minimum Gasteiger partial charge on any atom is -0.508 e. The van der Waals surface area contributed by atoms with E-state index in [-0.39, 0.29) is 75.1 Å². The van der Waals surface area contributed by atoms with Crippen LogP contribution in [-0.2, 0) is 53.1 Å². The summed E-state index contributed by atoms with van der Waals surface area (Å²) in [6, 6.07) is 4.22. The first-order valence-corrected chi connectivity index (χ1v) is 40.0. The maximum atomic E-state index is 16.4. The molecule has 0 unspecified atom stereocenters. The summed E-state index contributed by atoms with van der Waals surface area (Å²) in [5.74, 6) is -14.0. The first-order valence-electron chi connectivity index (χ1n) is 37.7. The maximum absolute atomic E-state index is 16.4. The molecule has 18 N–H and O–H groups in total. The Kier molecular flexibility index (Phi) is 24.8. The number of aliphatic hydroxyl groups excluding tert-OH is 6. The van der Waals surface area contributed by atoms with Gasteiger partial charge >= 0.3 is 0 Å². The molecule has 115 heavy (non-hydrogen) atoms. The van der Waals surface area contributed by atoms with Gasteiger partial charge in [-0.3, -0.25) is 38.4 Å². The fourth-order valence-electron chi connectivity index (χ4n) is 16.4. The highest BCUT2D eigenvalue weighted by molar-refractivity contribution is 7.90. The van der Waals surface area contributed by atoms with Crippen LogP contribution in [0.15, 0.2) is 108 Å². The van der Waals surface area contributed by atoms with E-state index in [0.29, 0.717) is 24.9 Å². The molecule has 614 valence electrons. The number of ether oxygens (including phenoxy) is 5. The highest BCUT2D eigenvalue weighted by Gasteiger charge is 2.51. The number of halogens is 2. The Bertz CT molecular complexity index is 4860. The van der Waals surface area contributed by atoms with Crippen LogP contribution in [0.25, 0.3) is 11.1 Å². The normalized spacial score (nSPS) is 28.1. The monoisotopic (exact) mass is 1650 g/mol. The zero-order valence-electron chi connectivity index (χ0n) is 62.5. The molecule has 4 aliphatic carbocycles. The molecule has 1 saturated heterocycles. The van der Waals surface area contributed by atoms with Gasteiger partial charge in [-0.2, -0.15) is 0 Å². The van der Waals surface area contributed by atoms with Crippen molar-refractivity contribution in [3.8, 4) is 62.9 Å². The predicted molar refractivity (Wildman–Crippen MR) is 407 cm³/mol. The first-order chi connectivity index (χ1) is 54.8. The summed E-state index contributed by atoms with van der Waals surface area (Å²) in [6.45, 7) is 4.87. The summed E-state index contributed by atoms with van der Waals surface area (Å²) >= 11 is 14.2. The third-order valence-electron chi connectivity index (χ3n) is 22.1. The number of rotatable bonds is 18. The molecule has 6 aliphatic heterocycles. The van der Waals surface area contributed by atoms with Crippen molar-refractivity contribution in [2.45, 2.75) is 175 Å². The number of unbranched alkanes of at least 4 members (excludes halogenated alkanes) is 1. The number of carbonyl (C=O) groups is 8. The highest BCUT2D eigenvalue weighted by Crippen LogP contribution is 2.55. The molecule has 33 nitrogen and oxygen atoms in total. The van der Waals surface area contributed by atoms with Crippen molar-refractivity contribution in [2.24, 2.45) is 29.6 Å². The van der Waals surface area contributed by atoms with Crippen molar-refractivity contribution in [2.75, 3.05) is 20.3 Å². The van der Waals surface area contributed by atoms with Crippen molar-refractivity contribution in [1.82, 2.24) is 47.3 Å². The standard InChI is InChI=1S/C79H89Cl2N9O24S/c1-5-6-17-110-43-10-12-44(13-11-43)115(108,109)90-58(95)31-50-73(102)85-62-41-27-55(111-53-15-8-37(25-47(53)80)66(96)64(77(106)83-50)88-72(101)49(82-4)18-33(2)3)71(114-79-70(100)69(99)68(98)57(32-91)113-79)56(28-41)112-54-16-9-38(26-48(54)81)67(97)65-78(107)87-63(76(105)84-60-39-20-34-19-35(22-39)23-40(60)21-34)46-29-42(92)30-52(94)59(46)45-24-36(7-14-51(45)93)61(74(103)89-65)86-75(62)104/h7-16,24-30,33-35,39-40,49-50,57,60-70,79,82,91-94,96-100H,5-6,17-23,31-32H2,1-4H3,(H,83,106)(H,84,105)(H,85,102)(H,86,104)(H,87,107)(H,88,101)(H,89,103)(H,90,95)/t34?,35?,39?,40?,49-,50+,57-,60?,61-,62-,63+,64-,65+,66-,67-,68-,69+,70-,79+/m1/s1. The zero-order valence-corrected chi connectivity index (χ0v) is 64.8. The average molecular weight is 1650 g/mol. The van der Waals surface area contributed by atoms with Gasteiger partial charge in [0, 0.05) is 23.2 Å². The molecular weight excluding hydrogens is 1560 g/mol. The van der Waals surface area contributed by atoms with E-state index in [2.05, 4.69) is 42.5 Å². The molecule has 6 heterocycles. The minimum atomic E-state index is -4.88. The van der Waals surface area contributed by atoms with E-state index in [4.69, 9.17) is 46.9 Å². The van der Waals surface area contributed by atoms with Gasteiger partial charge in [-0.05, 0) is 188 Å². The Morgan fingerprint density at radius 2 is 1.24 bits per heavy atom. The Hall–Kier alpha value is -10.1. The zero-order chi connectivity index (χ0) is 82.3. The van der Waals surface area contributed by atoms with Crippen LogP contribution in [0.2, 0.25) is 10.0 Å². The second kappa shape index (κ2) is 34.4. The molecule has 15 bridgehead atoms. The van der Waals surface area contributed by atoms with Gasteiger partial charge in [0.2, 0.25) is 59.3 Å². The minimum absolute atomic E-state index is 0.0580. The Morgan fingerprint density at radius 1 is 0.635 bits per heavy atom. The third kappa shape index (κ3) is 17.7. The largest absolute Gasteiger partial charge is 0.508 e. The Balaban J connectivity index is 1.000. The molecular formula is C79H89Cl2N9O24S. The van der Waals surface area contributed by atoms with Crippen molar-refractivity contribution in [1.29, 1.82) is 0 Å². The fourth-order valence-corrected chi connectivity index (χ4v) is 17.9. The van der Waals surface area contributed by atoms with E-state index in [9.17, 15) is 64.0 Å². The average Bonchev–Trinajstić information content (AvgIpc) is 0.924. The molecule has 8 amide bonds. The van der Waals surface area contributed by atoms with Crippen molar-refractivity contribution >= 4 is 80.5 Å². The number of likely N-dealkylation sites (N-methyl/N-ethyl adjacent to an activating group) is 1. The first kappa shape index (κ1) is 82.9. The molecule has 16 rings (SSSR count). The van der Waals surface area contributed by atoms with E-state index < -0.39 is 216 Å². The molecule has 10 aliphatic rings. The molecule has 6 aromatic carbocycles. The molecule has 5 fully saturated rings. The van der Waals surface area contributed by atoms with Gasteiger partial charge < -0.3 is 112 Å². The number of benzene rings is 6. The van der Waals surface area contributed by atoms with E-state index in [1.54, 1.807) is 13.8 Å². The second-order valence-electron chi connectivity index (χ2n) is 30.5. The number of hydrogen-bond donors (Lipinski definition) is 18. The van der Waals surface area contributed by atoms with Gasteiger partial charge in [0.05, 0.1) is 40.6 Å². The number of carbonyl (C=O) groups excluding carboxylic acids is 8. The van der Waals surface area contributed by atoms with Crippen LogP contribution in [-0.4, -0.2) is 183 Å². The summed E-state index contributed by atoms with van der Waals surface area (Å²) in [4.78, 5) is 123. The number of phenolic OH excluding ortho intramolecular Hbond substituents is 3. The van der Waals surface area contributed by atoms with Crippen LogP contribution in [0, 0.1) is 29.6 Å². The van der Waals surface area contributed by atoms with Gasteiger partial charge in [-0.1, -0.05) is 68.6 Å². The van der Waals surface area contributed by atoms with Crippen LogP contribution in [0.3, 0.4) is 0 Å². The summed E-state index contributed by atoms with van der Waals surface area (Å²) in [6.07, 6.45) is -9.70. The third-order valence-corrected chi connectivity index (χ3v) is 24.1. The second-order valence-corrected chi connectivity index (χ2v) is 33.0. The number of aromatic hydroxyl groups is 3. The van der Waals surface area contributed by atoms with E-state index in [1.165, 1.54) is 31.3 Å². The topological polar surface area (TPSA) is 507 Å². The number of hydrogen-bond acceptors (Lipinski definition) is 25. The Morgan fingerprint density at radius 3 is 1.85 bits per heavy atom. The summed E-state index contributed by atoms with van der Waals surface area (Å²) in [7, 11) is -3.43. The molecule has 4 saturated carbocycles.